The molecule has 1 fully saturated rings. The van der Waals surface area contributed by atoms with E-state index in [2.05, 4.69) is 10.3 Å². The summed E-state index contributed by atoms with van der Waals surface area (Å²) in [6.07, 6.45) is -3.52. The van der Waals surface area contributed by atoms with E-state index in [1.54, 1.807) is 0 Å². The highest BCUT2D eigenvalue weighted by molar-refractivity contribution is 5.85. The van der Waals surface area contributed by atoms with Crippen molar-refractivity contribution < 1.29 is 17.9 Å². The lowest BCUT2D eigenvalue weighted by Crippen LogP contribution is -2.56. The van der Waals surface area contributed by atoms with E-state index < -0.39 is 11.7 Å². The summed E-state index contributed by atoms with van der Waals surface area (Å²) in [6, 6.07) is 1.18. The Morgan fingerprint density at radius 1 is 1.42 bits per heavy atom. The average molecular weight is 296 g/mol. The Bertz CT molecular complexity index is 469. The van der Waals surface area contributed by atoms with Gasteiger partial charge >= 0.3 is 6.18 Å². The van der Waals surface area contributed by atoms with E-state index in [-0.39, 0.29) is 24.2 Å². The monoisotopic (exact) mass is 295 g/mol. The van der Waals surface area contributed by atoms with Crippen LogP contribution in [0, 0.1) is 0 Å². The number of hydrogen-bond donors (Lipinski definition) is 1. The van der Waals surface area contributed by atoms with Crippen LogP contribution in [0.15, 0.2) is 12.3 Å². The zero-order chi connectivity index (χ0) is 12.8. The standard InChI is InChI=1S/C11H12F3N3O.ClH/c12-11(13,14)7-3-9-10(16-4-7)17-2-1-15-5-8(17)6-18-9;/h3-4,8,15H,1-2,5-6H2;1H/t8-;/m0./s1. The summed E-state index contributed by atoms with van der Waals surface area (Å²) < 4.78 is 43.1. The Labute approximate surface area is 114 Å². The van der Waals surface area contributed by atoms with Crippen molar-refractivity contribution in [3.63, 3.8) is 0 Å². The van der Waals surface area contributed by atoms with Crippen LogP contribution in [-0.4, -0.2) is 37.3 Å². The predicted octanol–water partition coefficient (Wildman–Crippen LogP) is 1.69. The molecule has 0 saturated carbocycles. The average Bonchev–Trinajstić information content (AvgIpc) is 2.37. The maximum Gasteiger partial charge on any atom is 0.418 e. The molecular formula is C11H13ClF3N3O. The van der Waals surface area contributed by atoms with Gasteiger partial charge in [0.1, 0.15) is 6.61 Å². The number of nitrogens with one attached hydrogen (secondary N) is 1. The molecule has 3 rings (SSSR count). The number of anilines is 1. The molecule has 106 valence electrons. The van der Waals surface area contributed by atoms with Crippen molar-refractivity contribution in [3.05, 3.63) is 17.8 Å². The summed E-state index contributed by atoms with van der Waals surface area (Å²) in [5, 5.41) is 3.22. The first-order valence-corrected chi connectivity index (χ1v) is 5.73. The molecule has 1 saturated heterocycles. The maximum absolute atomic E-state index is 12.6. The number of fused-ring (bicyclic) bond motifs is 3. The summed E-state index contributed by atoms with van der Waals surface area (Å²) in [5.41, 5.74) is -0.769. The van der Waals surface area contributed by atoms with Gasteiger partial charge in [-0.05, 0) is 6.07 Å². The van der Waals surface area contributed by atoms with Gasteiger partial charge in [-0.25, -0.2) is 4.98 Å². The van der Waals surface area contributed by atoms with Crippen LogP contribution < -0.4 is 15.0 Å². The molecule has 1 atom stereocenters. The molecule has 3 heterocycles. The van der Waals surface area contributed by atoms with E-state index in [1.165, 1.54) is 0 Å². The van der Waals surface area contributed by atoms with E-state index >= 15 is 0 Å². The molecule has 1 aromatic rings. The van der Waals surface area contributed by atoms with Gasteiger partial charge in [0.2, 0.25) is 0 Å². The van der Waals surface area contributed by atoms with E-state index in [0.717, 1.165) is 31.9 Å². The summed E-state index contributed by atoms with van der Waals surface area (Å²) in [6.45, 7) is 2.70. The SMILES string of the molecule is Cl.FC(F)(F)c1cnc2c(c1)OC[C@@H]1CNCCN21. The normalized spacial score (nSPS) is 21.8. The molecule has 0 bridgehead atoms. The van der Waals surface area contributed by atoms with Crippen LogP contribution in [0.2, 0.25) is 0 Å². The molecule has 0 amide bonds. The maximum atomic E-state index is 12.6. The number of pyridine rings is 1. The first kappa shape index (κ1) is 14.2. The summed E-state index contributed by atoms with van der Waals surface area (Å²) in [7, 11) is 0. The Morgan fingerprint density at radius 2 is 2.21 bits per heavy atom. The molecule has 0 unspecified atom stereocenters. The second kappa shape index (κ2) is 5.05. The smallest absolute Gasteiger partial charge is 0.418 e. The molecule has 2 aliphatic heterocycles. The minimum absolute atomic E-state index is 0. The van der Waals surface area contributed by atoms with Crippen LogP contribution in [0.25, 0.3) is 0 Å². The van der Waals surface area contributed by atoms with E-state index in [4.69, 9.17) is 4.74 Å². The number of aromatic nitrogens is 1. The summed E-state index contributed by atoms with van der Waals surface area (Å²) in [4.78, 5) is 5.93. The lowest BCUT2D eigenvalue weighted by molar-refractivity contribution is -0.137. The molecule has 19 heavy (non-hydrogen) atoms. The van der Waals surface area contributed by atoms with Crippen molar-refractivity contribution in [3.8, 4) is 5.75 Å². The molecule has 1 N–H and O–H groups in total. The second-order valence-corrected chi connectivity index (χ2v) is 4.41. The first-order valence-electron chi connectivity index (χ1n) is 5.73. The fraction of sp³-hybridized carbons (Fsp3) is 0.545. The van der Waals surface area contributed by atoms with Gasteiger partial charge in [0.25, 0.3) is 0 Å². The minimum atomic E-state index is -4.38. The van der Waals surface area contributed by atoms with Gasteiger partial charge in [-0.15, -0.1) is 12.4 Å². The van der Waals surface area contributed by atoms with Gasteiger partial charge in [0, 0.05) is 25.8 Å². The quantitative estimate of drug-likeness (QED) is 0.790. The van der Waals surface area contributed by atoms with Crippen LogP contribution in [-0.2, 0) is 6.18 Å². The van der Waals surface area contributed by atoms with Crippen molar-refractivity contribution in [2.75, 3.05) is 31.1 Å². The Hall–Kier alpha value is -1.21. The largest absolute Gasteiger partial charge is 0.487 e. The van der Waals surface area contributed by atoms with Crippen molar-refractivity contribution in [1.29, 1.82) is 0 Å². The second-order valence-electron chi connectivity index (χ2n) is 4.41. The zero-order valence-electron chi connectivity index (χ0n) is 9.91. The summed E-state index contributed by atoms with van der Waals surface area (Å²) in [5.74, 6) is 0.740. The van der Waals surface area contributed by atoms with Crippen LogP contribution in [0.4, 0.5) is 19.0 Å². The molecule has 1 aromatic heterocycles. The number of piperazine rings is 1. The zero-order valence-corrected chi connectivity index (χ0v) is 10.7. The Morgan fingerprint density at radius 3 is 2.95 bits per heavy atom. The fourth-order valence-electron chi connectivity index (χ4n) is 2.29. The summed E-state index contributed by atoms with van der Waals surface area (Å²) >= 11 is 0. The molecule has 2 aliphatic rings. The number of alkyl halides is 3. The molecular weight excluding hydrogens is 283 g/mol. The first-order chi connectivity index (χ1) is 8.55. The van der Waals surface area contributed by atoms with Crippen LogP contribution in [0.3, 0.4) is 0 Å². The highest BCUT2D eigenvalue weighted by atomic mass is 35.5. The van der Waals surface area contributed by atoms with Crippen molar-refractivity contribution in [1.82, 2.24) is 10.3 Å². The number of nitrogens with zero attached hydrogens (tertiary/aromatic N) is 2. The molecule has 0 aliphatic carbocycles. The molecule has 0 spiro atoms. The van der Waals surface area contributed by atoms with Gasteiger partial charge in [-0.2, -0.15) is 13.2 Å². The Kier molecular flexibility index (Phi) is 3.78. The van der Waals surface area contributed by atoms with Crippen LogP contribution in [0.1, 0.15) is 5.56 Å². The third-order valence-electron chi connectivity index (χ3n) is 3.21. The van der Waals surface area contributed by atoms with Gasteiger partial charge in [0.15, 0.2) is 11.6 Å². The van der Waals surface area contributed by atoms with Crippen LogP contribution >= 0.6 is 12.4 Å². The molecule has 4 nitrogen and oxygen atoms in total. The van der Waals surface area contributed by atoms with Gasteiger partial charge in [-0.1, -0.05) is 0 Å². The molecule has 0 radical (unpaired) electrons. The van der Waals surface area contributed by atoms with Crippen molar-refractivity contribution >= 4 is 18.2 Å². The number of ether oxygens (including phenoxy) is 1. The lowest BCUT2D eigenvalue weighted by atomic mass is 10.1. The molecule has 0 aromatic carbocycles. The van der Waals surface area contributed by atoms with E-state index in [0.29, 0.717) is 12.4 Å². The van der Waals surface area contributed by atoms with E-state index in [9.17, 15) is 13.2 Å². The number of hydrogen-bond acceptors (Lipinski definition) is 4. The molecule has 8 heteroatoms. The van der Waals surface area contributed by atoms with E-state index in [1.807, 2.05) is 4.90 Å². The highest BCUT2D eigenvalue weighted by Crippen LogP contribution is 2.37. The minimum Gasteiger partial charge on any atom is -0.487 e. The topological polar surface area (TPSA) is 37.4 Å². The number of rotatable bonds is 0. The van der Waals surface area contributed by atoms with Crippen molar-refractivity contribution in [2.45, 2.75) is 12.2 Å². The predicted molar refractivity (Wildman–Crippen MR) is 66.0 cm³/mol. The van der Waals surface area contributed by atoms with Gasteiger partial charge in [-0.3, -0.25) is 0 Å². The van der Waals surface area contributed by atoms with Gasteiger partial charge in [0.05, 0.1) is 11.6 Å². The lowest BCUT2D eigenvalue weighted by Gasteiger charge is -2.40. The number of halogens is 4. The third-order valence-corrected chi connectivity index (χ3v) is 3.21. The highest BCUT2D eigenvalue weighted by Gasteiger charge is 2.35. The Balaban J connectivity index is 0.00000133. The fourth-order valence-corrected chi connectivity index (χ4v) is 2.29. The van der Waals surface area contributed by atoms with Crippen molar-refractivity contribution in [2.24, 2.45) is 0 Å². The third kappa shape index (κ3) is 2.57. The van der Waals surface area contributed by atoms with Crippen LogP contribution in [0.5, 0.6) is 5.75 Å². The van der Waals surface area contributed by atoms with Gasteiger partial charge < -0.3 is 15.0 Å².